The lowest BCUT2D eigenvalue weighted by Gasteiger charge is -2.42. The Balaban J connectivity index is 4.56. The van der Waals surface area contributed by atoms with Crippen LogP contribution in [0, 0.1) is 0 Å². The molecule has 0 aromatic rings. The lowest BCUT2D eigenvalue weighted by molar-refractivity contribution is 0.633. The molecule has 0 aliphatic rings. The molecule has 0 saturated carbocycles. The fraction of sp³-hybridized carbons (Fsp3) is 1.00. The average molecular weight is 261 g/mol. The van der Waals surface area contributed by atoms with Crippen LogP contribution >= 0.6 is 0 Å². The third-order valence-electron chi connectivity index (χ3n) is 4.00. The molecular formula is C12H32N2Si2. The summed E-state index contributed by atoms with van der Waals surface area (Å²) in [5.41, 5.74) is 0. The third kappa shape index (κ3) is 4.69. The van der Waals surface area contributed by atoms with Crippen molar-refractivity contribution in [2.75, 3.05) is 0 Å². The van der Waals surface area contributed by atoms with Gasteiger partial charge in [-0.2, -0.15) is 0 Å². The molecule has 0 bridgehead atoms. The lowest BCUT2D eigenvalue weighted by Crippen LogP contribution is -2.74. The second-order valence-corrected chi connectivity index (χ2v) is 20.7. The van der Waals surface area contributed by atoms with Gasteiger partial charge >= 0.3 is 0 Å². The second kappa shape index (κ2) is 6.33. The van der Waals surface area contributed by atoms with Crippen molar-refractivity contribution in [1.82, 2.24) is 9.96 Å². The highest BCUT2D eigenvalue weighted by atomic mass is 29.3. The van der Waals surface area contributed by atoms with E-state index in [0.717, 1.165) is 0 Å². The van der Waals surface area contributed by atoms with E-state index in [0.29, 0.717) is 12.1 Å². The van der Waals surface area contributed by atoms with Crippen LogP contribution in [-0.4, -0.2) is 27.6 Å². The molecule has 0 aliphatic heterocycles. The fourth-order valence-corrected chi connectivity index (χ4v) is 9.03. The molecule has 0 heterocycles. The molecule has 2 atom stereocenters. The number of rotatable bonds is 7. The fourth-order valence-electron chi connectivity index (χ4n) is 1.80. The SMILES string of the molecule is CCC(C)N[Si](C)(C)[Si](C)(C)NC(C)CC. The highest BCUT2D eigenvalue weighted by molar-refractivity contribution is 7.38. The van der Waals surface area contributed by atoms with Gasteiger partial charge in [0.05, 0.1) is 0 Å². The molecule has 98 valence electrons. The first-order valence-corrected chi connectivity index (χ1v) is 13.7. The zero-order valence-electron chi connectivity index (χ0n) is 12.6. The average Bonchev–Trinajstić information content (AvgIpc) is 2.15. The van der Waals surface area contributed by atoms with Gasteiger partial charge in [0.2, 0.25) is 0 Å². The largest absolute Gasteiger partial charge is 0.336 e. The molecule has 2 N–H and O–H groups in total. The van der Waals surface area contributed by atoms with Gasteiger partial charge in [-0.1, -0.05) is 53.9 Å². The van der Waals surface area contributed by atoms with Gasteiger partial charge in [0.15, 0.2) is 0 Å². The smallest absolute Gasteiger partial charge is 0.127 e. The van der Waals surface area contributed by atoms with Crippen LogP contribution in [0.15, 0.2) is 0 Å². The van der Waals surface area contributed by atoms with Gasteiger partial charge in [-0.05, 0) is 24.9 Å². The van der Waals surface area contributed by atoms with Crippen LogP contribution < -0.4 is 9.96 Å². The Morgan fingerprint density at radius 3 is 1.19 bits per heavy atom. The molecule has 2 nitrogen and oxygen atoms in total. The van der Waals surface area contributed by atoms with Gasteiger partial charge in [0.1, 0.15) is 15.5 Å². The van der Waals surface area contributed by atoms with Crippen LogP contribution in [0.5, 0.6) is 0 Å². The molecule has 0 amide bonds. The van der Waals surface area contributed by atoms with Crippen molar-refractivity contribution in [3.05, 3.63) is 0 Å². The first-order chi connectivity index (χ1) is 7.16. The van der Waals surface area contributed by atoms with E-state index in [-0.39, 0.29) is 0 Å². The van der Waals surface area contributed by atoms with E-state index in [1.807, 2.05) is 0 Å². The monoisotopic (exact) mass is 260 g/mol. The van der Waals surface area contributed by atoms with Crippen LogP contribution in [0.2, 0.25) is 26.2 Å². The van der Waals surface area contributed by atoms with Crippen molar-refractivity contribution in [3.63, 3.8) is 0 Å². The molecule has 0 radical (unpaired) electrons. The standard InChI is InChI=1S/C12H32N2Si2/c1-9-11(3)13-15(5,6)16(7,8)14-12(4)10-2/h11-14H,9-10H2,1-8H3. The predicted molar refractivity (Wildman–Crippen MR) is 80.7 cm³/mol. The maximum absolute atomic E-state index is 3.91. The Hall–Kier alpha value is 0.354. The van der Waals surface area contributed by atoms with E-state index in [4.69, 9.17) is 0 Å². The van der Waals surface area contributed by atoms with E-state index in [1.54, 1.807) is 0 Å². The molecular weight excluding hydrogens is 228 g/mol. The maximum atomic E-state index is 3.91. The van der Waals surface area contributed by atoms with Gasteiger partial charge in [-0.15, -0.1) is 0 Å². The summed E-state index contributed by atoms with van der Waals surface area (Å²) >= 11 is 0. The first-order valence-electron chi connectivity index (χ1n) is 6.71. The zero-order chi connectivity index (χ0) is 13.0. The van der Waals surface area contributed by atoms with Gasteiger partial charge in [-0.3, -0.25) is 0 Å². The third-order valence-corrected chi connectivity index (χ3v) is 19.8. The molecule has 0 saturated heterocycles. The molecule has 0 aliphatic carbocycles. The van der Waals surface area contributed by atoms with E-state index >= 15 is 0 Å². The lowest BCUT2D eigenvalue weighted by atomic mass is 10.3. The quantitative estimate of drug-likeness (QED) is 0.687. The van der Waals surface area contributed by atoms with E-state index < -0.39 is 15.5 Å². The maximum Gasteiger partial charge on any atom is 0.127 e. The zero-order valence-corrected chi connectivity index (χ0v) is 14.6. The molecule has 0 fully saturated rings. The Kier molecular flexibility index (Phi) is 6.47. The van der Waals surface area contributed by atoms with E-state index in [2.05, 4.69) is 63.8 Å². The Morgan fingerprint density at radius 2 is 1.00 bits per heavy atom. The Morgan fingerprint density at radius 1 is 0.750 bits per heavy atom. The molecule has 4 heteroatoms. The summed E-state index contributed by atoms with van der Waals surface area (Å²) in [6.45, 7) is 19.1. The van der Waals surface area contributed by atoms with Crippen molar-refractivity contribution >= 4 is 15.5 Å². The molecule has 0 aromatic heterocycles. The Bertz CT molecular complexity index is 183. The topological polar surface area (TPSA) is 24.1 Å². The molecule has 0 aromatic carbocycles. The highest BCUT2D eigenvalue weighted by Gasteiger charge is 2.42. The first kappa shape index (κ1) is 16.4. The molecule has 16 heavy (non-hydrogen) atoms. The van der Waals surface area contributed by atoms with Gasteiger partial charge in [-0.25, -0.2) is 0 Å². The minimum absolute atomic E-state index is 0.659. The summed E-state index contributed by atoms with van der Waals surface area (Å²) in [4.78, 5) is 7.83. The van der Waals surface area contributed by atoms with Gasteiger partial charge < -0.3 is 9.96 Å². The van der Waals surface area contributed by atoms with E-state index in [9.17, 15) is 0 Å². The van der Waals surface area contributed by atoms with Crippen molar-refractivity contribution in [3.8, 4) is 0 Å². The van der Waals surface area contributed by atoms with Crippen LogP contribution in [-0.2, 0) is 0 Å². The summed E-state index contributed by atoms with van der Waals surface area (Å²) in [6.07, 6.45) is 2.45. The summed E-state index contributed by atoms with van der Waals surface area (Å²) in [5, 5.41) is 0. The predicted octanol–water partition coefficient (Wildman–Crippen LogP) is 3.25. The summed E-state index contributed by atoms with van der Waals surface area (Å²) < 4.78 is 0. The number of nitrogens with one attached hydrogen (secondary N) is 2. The van der Waals surface area contributed by atoms with Crippen molar-refractivity contribution in [2.45, 2.75) is 78.8 Å². The normalized spacial score (nSPS) is 17.2. The summed E-state index contributed by atoms with van der Waals surface area (Å²) in [5.74, 6) is 0. The Labute approximate surface area is 105 Å². The summed E-state index contributed by atoms with van der Waals surface area (Å²) in [6, 6.07) is 1.32. The van der Waals surface area contributed by atoms with Crippen molar-refractivity contribution < 1.29 is 0 Å². The van der Waals surface area contributed by atoms with Crippen molar-refractivity contribution in [2.24, 2.45) is 0 Å². The molecule has 0 spiro atoms. The van der Waals surface area contributed by atoms with Crippen LogP contribution in [0.4, 0.5) is 0 Å². The second-order valence-electron chi connectivity index (χ2n) is 6.16. The minimum Gasteiger partial charge on any atom is -0.336 e. The minimum atomic E-state index is -1.32. The molecule has 0 rings (SSSR count). The highest BCUT2D eigenvalue weighted by Crippen LogP contribution is 2.16. The van der Waals surface area contributed by atoms with Crippen molar-refractivity contribution in [1.29, 1.82) is 0 Å². The van der Waals surface area contributed by atoms with E-state index in [1.165, 1.54) is 12.8 Å². The van der Waals surface area contributed by atoms with Crippen LogP contribution in [0.3, 0.4) is 0 Å². The van der Waals surface area contributed by atoms with Crippen LogP contribution in [0.25, 0.3) is 0 Å². The molecule has 2 unspecified atom stereocenters. The number of hydrogen-bond donors (Lipinski definition) is 2. The van der Waals surface area contributed by atoms with Gasteiger partial charge in [0, 0.05) is 0 Å². The summed E-state index contributed by atoms with van der Waals surface area (Å²) in [7, 11) is -2.63. The van der Waals surface area contributed by atoms with Gasteiger partial charge in [0.25, 0.3) is 0 Å². The van der Waals surface area contributed by atoms with Crippen LogP contribution in [0.1, 0.15) is 40.5 Å². The number of hydrogen-bond acceptors (Lipinski definition) is 2.